The van der Waals surface area contributed by atoms with Crippen LogP contribution in [-0.2, 0) is 11.3 Å². The van der Waals surface area contributed by atoms with Crippen molar-refractivity contribution < 1.29 is 4.79 Å². The Morgan fingerprint density at radius 3 is 2.81 bits per heavy atom. The highest BCUT2D eigenvalue weighted by Crippen LogP contribution is 1.96. The molecular formula is C11H20N4O. The maximum atomic E-state index is 11.7. The summed E-state index contributed by atoms with van der Waals surface area (Å²) in [5, 5.41) is 10.0. The van der Waals surface area contributed by atoms with Gasteiger partial charge >= 0.3 is 0 Å². The monoisotopic (exact) mass is 224 g/mol. The van der Waals surface area contributed by atoms with E-state index in [0.29, 0.717) is 13.1 Å². The number of rotatable bonds is 6. The van der Waals surface area contributed by atoms with E-state index in [-0.39, 0.29) is 17.9 Å². The molecule has 1 amide bonds. The van der Waals surface area contributed by atoms with Crippen molar-refractivity contribution in [3.8, 4) is 0 Å². The first-order valence-corrected chi connectivity index (χ1v) is 5.56. The maximum absolute atomic E-state index is 11.7. The van der Waals surface area contributed by atoms with E-state index in [1.807, 2.05) is 37.8 Å². The molecule has 0 aliphatic rings. The van der Waals surface area contributed by atoms with Gasteiger partial charge in [-0.3, -0.25) is 9.48 Å². The fourth-order valence-corrected chi connectivity index (χ4v) is 1.52. The standard InChI is InChI=1S/C11H20N4O/c1-9(7-12-3)11(16)14-10(2)8-15-6-4-5-13-15/h4-6,9-10,12H,7-8H2,1-3H3,(H,14,16). The number of nitrogens with zero attached hydrogens (tertiary/aromatic N) is 2. The molecule has 0 radical (unpaired) electrons. The van der Waals surface area contributed by atoms with Crippen LogP contribution < -0.4 is 10.6 Å². The zero-order valence-electron chi connectivity index (χ0n) is 10.1. The van der Waals surface area contributed by atoms with Crippen molar-refractivity contribution >= 4 is 5.91 Å². The number of aromatic nitrogens is 2. The van der Waals surface area contributed by atoms with E-state index in [1.165, 1.54) is 0 Å². The highest BCUT2D eigenvalue weighted by atomic mass is 16.1. The average Bonchev–Trinajstić information content (AvgIpc) is 2.70. The van der Waals surface area contributed by atoms with Crippen LogP contribution in [0.25, 0.3) is 0 Å². The van der Waals surface area contributed by atoms with Gasteiger partial charge in [-0.05, 0) is 20.0 Å². The summed E-state index contributed by atoms with van der Waals surface area (Å²) in [4.78, 5) is 11.7. The molecule has 2 atom stereocenters. The number of hydrogen-bond acceptors (Lipinski definition) is 3. The van der Waals surface area contributed by atoms with Crippen LogP contribution in [0.15, 0.2) is 18.5 Å². The van der Waals surface area contributed by atoms with Crippen LogP contribution in [0.3, 0.4) is 0 Å². The molecule has 16 heavy (non-hydrogen) atoms. The second-order valence-corrected chi connectivity index (χ2v) is 4.10. The van der Waals surface area contributed by atoms with Crippen molar-refractivity contribution in [2.45, 2.75) is 26.4 Å². The minimum atomic E-state index is -0.00919. The second-order valence-electron chi connectivity index (χ2n) is 4.10. The lowest BCUT2D eigenvalue weighted by atomic mass is 10.1. The molecule has 1 aromatic heterocycles. The van der Waals surface area contributed by atoms with Gasteiger partial charge in [0.2, 0.25) is 5.91 Å². The third-order valence-corrected chi connectivity index (χ3v) is 2.37. The quantitative estimate of drug-likeness (QED) is 0.728. The van der Waals surface area contributed by atoms with E-state index < -0.39 is 0 Å². The highest BCUT2D eigenvalue weighted by molar-refractivity contribution is 5.78. The Morgan fingerprint density at radius 2 is 2.25 bits per heavy atom. The predicted molar refractivity (Wildman–Crippen MR) is 62.9 cm³/mol. The van der Waals surface area contributed by atoms with Gasteiger partial charge in [0, 0.05) is 30.9 Å². The number of nitrogens with one attached hydrogen (secondary N) is 2. The molecule has 90 valence electrons. The summed E-state index contributed by atoms with van der Waals surface area (Å²) < 4.78 is 1.81. The van der Waals surface area contributed by atoms with Crippen LogP contribution >= 0.6 is 0 Å². The molecule has 5 nitrogen and oxygen atoms in total. The van der Waals surface area contributed by atoms with Crippen molar-refractivity contribution in [3.05, 3.63) is 18.5 Å². The Hall–Kier alpha value is -1.36. The van der Waals surface area contributed by atoms with E-state index in [0.717, 1.165) is 0 Å². The average molecular weight is 224 g/mol. The molecule has 0 saturated carbocycles. The maximum Gasteiger partial charge on any atom is 0.224 e. The fraction of sp³-hybridized carbons (Fsp3) is 0.636. The summed E-state index contributed by atoms with van der Waals surface area (Å²) >= 11 is 0. The van der Waals surface area contributed by atoms with Crippen molar-refractivity contribution in [1.82, 2.24) is 20.4 Å². The van der Waals surface area contributed by atoms with Gasteiger partial charge in [0.15, 0.2) is 0 Å². The molecule has 0 spiro atoms. The molecule has 1 heterocycles. The lowest BCUT2D eigenvalue weighted by Crippen LogP contribution is -2.41. The first-order chi connectivity index (χ1) is 7.63. The number of amides is 1. The van der Waals surface area contributed by atoms with Gasteiger partial charge in [-0.2, -0.15) is 5.10 Å². The third kappa shape index (κ3) is 4.02. The van der Waals surface area contributed by atoms with Crippen LogP contribution in [0.1, 0.15) is 13.8 Å². The summed E-state index contributed by atoms with van der Waals surface area (Å²) in [6.07, 6.45) is 3.62. The first-order valence-electron chi connectivity index (χ1n) is 5.56. The largest absolute Gasteiger partial charge is 0.352 e. The zero-order chi connectivity index (χ0) is 12.0. The highest BCUT2D eigenvalue weighted by Gasteiger charge is 2.14. The summed E-state index contributed by atoms with van der Waals surface area (Å²) in [5.41, 5.74) is 0. The fourth-order valence-electron chi connectivity index (χ4n) is 1.52. The number of carbonyl (C=O) groups is 1. The van der Waals surface area contributed by atoms with Crippen molar-refractivity contribution in [1.29, 1.82) is 0 Å². The molecule has 0 fully saturated rings. The van der Waals surface area contributed by atoms with E-state index >= 15 is 0 Å². The topological polar surface area (TPSA) is 59.0 Å². The third-order valence-electron chi connectivity index (χ3n) is 2.37. The van der Waals surface area contributed by atoms with E-state index in [1.54, 1.807) is 6.20 Å². The van der Waals surface area contributed by atoms with Crippen LogP contribution in [0.5, 0.6) is 0 Å². The summed E-state index contributed by atoms with van der Waals surface area (Å²) in [6.45, 7) is 5.28. The van der Waals surface area contributed by atoms with Gasteiger partial charge in [-0.25, -0.2) is 0 Å². The van der Waals surface area contributed by atoms with Crippen LogP contribution in [-0.4, -0.2) is 35.3 Å². The van der Waals surface area contributed by atoms with Crippen molar-refractivity contribution in [3.63, 3.8) is 0 Å². The molecular weight excluding hydrogens is 204 g/mol. The first kappa shape index (κ1) is 12.7. The van der Waals surface area contributed by atoms with Gasteiger partial charge in [-0.1, -0.05) is 6.92 Å². The Kier molecular flexibility index (Phi) is 4.98. The SMILES string of the molecule is CNCC(C)C(=O)NC(C)Cn1cccn1. The van der Waals surface area contributed by atoms with E-state index in [4.69, 9.17) is 0 Å². The normalized spacial score (nSPS) is 14.4. The molecule has 2 unspecified atom stereocenters. The zero-order valence-corrected chi connectivity index (χ0v) is 10.1. The smallest absolute Gasteiger partial charge is 0.224 e. The minimum absolute atomic E-state index is 0.00919. The van der Waals surface area contributed by atoms with Crippen molar-refractivity contribution in [2.75, 3.05) is 13.6 Å². The molecule has 1 rings (SSSR count). The summed E-state index contributed by atoms with van der Waals surface area (Å²) in [6, 6.07) is 1.96. The van der Waals surface area contributed by atoms with Crippen molar-refractivity contribution in [2.24, 2.45) is 5.92 Å². The molecule has 1 aromatic rings. The Morgan fingerprint density at radius 1 is 1.50 bits per heavy atom. The molecule has 2 N–H and O–H groups in total. The molecule has 0 bridgehead atoms. The lowest BCUT2D eigenvalue weighted by molar-refractivity contribution is -0.125. The predicted octanol–water partition coefficient (Wildman–Crippen LogP) is 0.243. The Bertz CT molecular complexity index is 310. The van der Waals surface area contributed by atoms with Gasteiger partial charge in [-0.15, -0.1) is 0 Å². The summed E-state index contributed by atoms with van der Waals surface area (Å²) in [5.74, 6) is 0.0686. The molecule has 5 heteroatoms. The Balaban J connectivity index is 2.33. The minimum Gasteiger partial charge on any atom is -0.352 e. The van der Waals surface area contributed by atoms with Crippen LogP contribution in [0, 0.1) is 5.92 Å². The molecule has 0 aliphatic heterocycles. The summed E-state index contributed by atoms with van der Waals surface area (Å²) in [7, 11) is 1.84. The van der Waals surface area contributed by atoms with E-state index in [9.17, 15) is 4.79 Å². The molecule has 0 saturated heterocycles. The second kappa shape index (κ2) is 6.27. The van der Waals surface area contributed by atoms with E-state index in [2.05, 4.69) is 15.7 Å². The molecule has 0 aliphatic carbocycles. The lowest BCUT2D eigenvalue weighted by Gasteiger charge is -2.17. The van der Waals surface area contributed by atoms with Gasteiger partial charge in [0.05, 0.1) is 6.54 Å². The van der Waals surface area contributed by atoms with Crippen LogP contribution in [0.4, 0.5) is 0 Å². The molecule has 0 aromatic carbocycles. The number of hydrogen-bond donors (Lipinski definition) is 2. The Labute approximate surface area is 96.2 Å². The van der Waals surface area contributed by atoms with Gasteiger partial charge in [0.1, 0.15) is 0 Å². The van der Waals surface area contributed by atoms with Gasteiger partial charge in [0.25, 0.3) is 0 Å². The number of carbonyl (C=O) groups excluding carboxylic acids is 1. The van der Waals surface area contributed by atoms with Gasteiger partial charge < -0.3 is 10.6 Å². The van der Waals surface area contributed by atoms with Crippen LogP contribution in [0.2, 0.25) is 0 Å².